The molecule has 0 aliphatic rings. The van der Waals surface area contributed by atoms with Crippen LogP contribution in [0.25, 0.3) is 0 Å². The van der Waals surface area contributed by atoms with Gasteiger partial charge in [0.2, 0.25) is 0 Å². The molecular formula is C20H15BrClFN4O2. The number of H-pyrrole nitrogens is 1. The van der Waals surface area contributed by atoms with E-state index in [2.05, 4.69) is 26.1 Å². The summed E-state index contributed by atoms with van der Waals surface area (Å²) in [6.45, 7) is 0. The number of hydrogen-bond donors (Lipinski definition) is 1. The Labute approximate surface area is 179 Å². The maximum atomic E-state index is 15.2. The molecule has 29 heavy (non-hydrogen) atoms. The zero-order valence-electron chi connectivity index (χ0n) is 15.5. The van der Waals surface area contributed by atoms with Crippen molar-refractivity contribution in [2.75, 3.05) is 19.0 Å². The summed E-state index contributed by atoms with van der Waals surface area (Å²) < 4.78 is 21.3. The van der Waals surface area contributed by atoms with Crippen molar-refractivity contribution in [3.8, 4) is 17.6 Å². The molecule has 1 heterocycles. The molecule has 148 valence electrons. The second kappa shape index (κ2) is 8.64. The Balaban J connectivity index is 1.97. The van der Waals surface area contributed by atoms with Gasteiger partial charge in [-0.3, -0.25) is 4.79 Å². The second-order valence-corrected chi connectivity index (χ2v) is 7.62. The molecule has 0 aliphatic heterocycles. The van der Waals surface area contributed by atoms with Crippen LogP contribution in [0.1, 0.15) is 16.8 Å². The first-order valence-electron chi connectivity index (χ1n) is 8.40. The Morgan fingerprint density at radius 2 is 2.07 bits per heavy atom. The minimum atomic E-state index is -0.600. The lowest BCUT2D eigenvalue weighted by Crippen LogP contribution is -2.22. The van der Waals surface area contributed by atoms with Gasteiger partial charge in [-0.25, -0.2) is 9.49 Å². The van der Waals surface area contributed by atoms with Gasteiger partial charge in [0.1, 0.15) is 11.4 Å². The van der Waals surface area contributed by atoms with Crippen LogP contribution in [0, 0.1) is 17.1 Å². The summed E-state index contributed by atoms with van der Waals surface area (Å²) in [4.78, 5) is 13.5. The third-order valence-electron chi connectivity index (χ3n) is 4.09. The first-order valence-corrected chi connectivity index (χ1v) is 9.57. The van der Waals surface area contributed by atoms with Gasteiger partial charge in [-0.15, -0.1) is 0 Å². The normalized spacial score (nSPS) is 10.5. The van der Waals surface area contributed by atoms with E-state index in [0.29, 0.717) is 27.0 Å². The summed E-state index contributed by atoms with van der Waals surface area (Å²) in [5, 5.41) is 15.7. The first kappa shape index (κ1) is 20.8. The highest BCUT2D eigenvalue weighted by Crippen LogP contribution is 2.37. The van der Waals surface area contributed by atoms with Crippen LogP contribution in [0.2, 0.25) is 5.02 Å². The van der Waals surface area contributed by atoms with E-state index >= 15 is 4.39 Å². The summed E-state index contributed by atoms with van der Waals surface area (Å²) in [7, 11) is 3.47. The number of aromatic amines is 1. The Morgan fingerprint density at radius 1 is 1.31 bits per heavy atom. The van der Waals surface area contributed by atoms with E-state index < -0.39 is 5.82 Å². The molecular weight excluding hydrogens is 463 g/mol. The molecule has 1 N–H and O–H groups in total. The van der Waals surface area contributed by atoms with Crippen molar-refractivity contribution in [1.29, 1.82) is 5.26 Å². The quantitative estimate of drug-likeness (QED) is 0.579. The lowest BCUT2D eigenvalue weighted by molar-refractivity contribution is 0.436. The fourth-order valence-corrected chi connectivity index (χ4v) is 3.16. The largest absolute Gasteiger partial charge is 0.451 e. The highest BCUT2D eigenvalue weighted by atomic mass is 79.9. The van der Waals surface area contributed by atoms with Crippen LogP contribution in [0.4, 0.5) is 10.1 Å². The topological polar surface area (TPSA) is 82.0 Å². The van der Waals surface area contributed by atoms with Gasteiger partial charge in [0.05, 0.1) is 26.8 Å². The van der Waals surface area contributed by atoms with Crippen molar-refractivity contribution >= 4 is 33.2 Å². The molecule has 0 saturated heterocycles. The van der Waals surface area contributed by atoms with Gasteiger partial charge in [-0.05, 0) is 45.8 Å². The summed E-state index contributed by atoms with van der Waals surface area (Å²) in [6.07, 6.45) is 0.138. The van der Waals surface area contributed by atoms with Crippen molar-refractivity contribution in [1.82, 2.24) is 10.2 Å². The van der Waals surface area contributed by atoms with Gasteiger partial charge in [0, 0.05) is 26.6 Å². The van der Waals surface area contributed by atoms with Crippen molar-refractivity contribution in [3.05, 3.63) is 78.9 Å². The fraction of sp³-hybridized carbons (Fsp3) is 0.150. The van der Waals surface area contributed by atoms with Gasteiger partial charge in [0.25, 0.3) is 5.56 Å². The Morgan fingerprint density at radius 3 is 2.76 bits per heavy atom. The minimum absolute atomic E-state index is 0.0586. The maximum Gasteiger partial charge on any atom is 0.287 e. The van der Waals surface area contributed by atoms with E-state index in [-0.39, 0.29) is 28.5 Å². The fourth-order valence-electron chi connectivity index (χ4n) is 2.62. The van der Waals surface area contributed by atoms with Crippen molar-refractivity contribution in [3.63, 3.8) is 0 Å². The van der Waals surface area contributed by atoms with E-state index in [1.165, 1.54) is 12.1 Å². The van der Waals surface area contributed by atoms with Crippen LogP contribution >= 0.6 is 27.5 Å². The summed E-state index contributed by atoms with van der Waals surface area (Å²) in [6, 6.07) is 11.3. The number of nitriles is 1. The standard InChI is InChI=1S/C20H15BrClFN4O2/c1-27(2)16-9-13(25-26-20(16)28)8-12-4-5-14(21)19(18(12)23)29-17-7-11(10-24)3-6-15(17)22/h3-7,9H,8H2,1-2H3,(H,26,28). The van der Waals surface area contributed by atoms with E-state index in [1.54, 1.807) is 43.3 Å². The number of halogens is 3. The Hall–Kier alpha value is -2.89. The number of ether oxygens (including phenoxy) is 1. The van der Waals surface area contributed by atoms with Crippen LogP contribution in [0.3, 0.4) is 0 Å². The zero-order chi connectivity index (χ0) is 21.1. The molecule has 6 nitrogen and oxygen atoms in total. The number of hydrogen-bond acceptors (Lipinski definition) is 5. The average Bonchev–Trinajstić information content (AvgIpc) is 2.69. The predicted octanol–water partition coefficient (Wildman–Crippen LogP) is 4.65. The number of benzene rings is 2. The number of anilines is 1. The van der Waals surface area contributed by atoms with Crippen molar-refractivity contribution in [2.24, 2.45) is 0 Å². The van der Waals surface area contributed by atoms with Crippen molar-refractivity contribution in [2.45, 2.75) is 6.42 Å². The molecule has 0 aliphatic carbocycles. The smallest absolute Gasteiger partial charge is 0.287 e. The van der Waals surface area contributed by atoms with Gasteiger partial charge < -0.3 is 9.64 Å². The van der Waals surface area contributed by atoms with Gasteiger partial charge in [0.15, 0.2) is 11.6 Å². The maximum absolute atomic E-state index is 15.2. The summed E-state index contributed by atoms with van der Waals surface area (Å²) in [5.74, 6) is -0.492. The van der Waals surface area contributed by atoms with Crippen LogP contribution in [0.15, 0.2) is 45.7 Å². The molecule has 3 aromatic rings. The molecule has 0 atom stereocenters. The third kappa shape index (κ3) is 4.58. The van der Waals surface area contributed by atoms with Crippen LogP contribution in [-0.2, 0) is 6.42 Å². The minimum Gasteiger partial charge on any atom is -0.451 e. The summed E-state index contributed by atoms with van der Waals surface area (Å²) >= 11 is 9.40. The van der Waals surface area contributed by atoms with Crippen LogP contribution in [-0.4, -0.2) is 24.3 Å². The van der Waals surface area contributed by atoms with Crippen molar-refractivity contribution < 1.29 is 9.13 Å². The number of nitrogens with one attached hydrogen (secondary N) is 1. The molecule has 0 amide bonds. The highest BCUT2D eigenvalue weighted by Gasteiger charge is 2.17. The second-order valence-electron chi connectivity index (χ2n) is 6.35. The molecule has 0 fully saturated rings. The predicted molar refractivity (Wildman–Crippen MR) is 112 cm³/mol. The van der Waals surface area contributed by atoms with Gasteiger partial charge in [-0.2, -0.15) is 10.4 Å². The zero-order valence-corrected chi connectivity index (χ0v) is 17.8. The molecule has 1 aromatic heterocycles. The summed E-state index contributed by atoms with van der Waals surface area (Å²) in [5.41, 5.74) is 1.24. The van der Waals surface area contributed by atoms with E-state index in [0.717, 1.165) is 0 Å². The molecule has 9 heteroatoms. The Kier molecular flexibility index (Phi) is 6.20. The van der Waals surface area contributed by atoms with Gasteiger partial charge >= 0.3 is 0 Å². The van der Waals surface area contributed by atoms with Gasteiger partial charge in [-0.1, -0.05) is 17.7 Å². The van der Waals surface area contributed by atoms with E-state index in [1.807, 2.05) is 6.07 Å². The number of rotatable bonds is 5. The molecule has 0 radical (unpaired) electrons. The molecule has 0 bridgehead atoms. The first-order chi connectivity index (χ1) is 13.8. The van der Waals surface area contributed by atoms with Crippen LogP contribution < -0.4 is 15.2 Å². The van der Waals surface area contributed by atoms with Crippen LogP contribution in [0.5, 0.6) is 11.5 Å². The monoisotopic (exact) mass is 476 g/mol. The third-order valence-corrected chi connectivity index (χ3v) is 5.03. The molecule has 0 spiro atoms. The van der Waals surface area contributed by atoms with E-state index in [4.69, 9.17) is 21.6 Å². The SMILES string of the molecule is CN(C)c1cc(Cc2ccc(Br)c(Oc3cc(C#N)ccc3Cl)c2F)n[nH]c1=O. The number of nitrogens with zero attached hydrogens (tertiary/aromatic N) is 3. The van der Waals surface area contributed by atoms with E-state index in [9.17, 15) is 4.79 Å². The number of aromatic nitrogens is 2. The average molecular weight is 478 g/mol. The lowest BCUT2D eigenvalue weighted by Gasteiger charge is -2.14. The highest BCUT2D eigenvalue weighted by molar-refractivity contribution is 9.10. The molecule has 0 unspecified atom stereocenters. The molecule has 3 rings (SSSR count). The Bertz CT molecular complexity index is 1170. The molecule has 2 aromatic carbocycles. The molecule has 0 saturated carbocycles. The lowest BCUT2D eigenvalue weighted by atomic mass is 10.1.